The van der Waals surface area contributed by atoms with E-state index < -0.39 is 97.7 Å². The first-order chi connectivity index (χ1) is 54.6. The van der Waals surface area contributed by atoms with Crippen molar-refractivity contribution in [2.24, 2.45) is 5.73 Å². The molecule has 0 radical (unpaired) electrons. The van der Waals surface area contributed by atoms with Crippen LogP contribution in [0.15, 0.2) is 142 Å². The normalized spacial score (nSPS) is 12.1. The Morgan fingerprint density at radius 2 is 0.729 bits per heavy atom. The Hall–Kier alpha value is -10.5. The van der Waals surface area contributed by atoms with Crippen molar-refractivity contribution in [1.82, 2.24) is 40.5 Å². The highest BCUT2D eigenvalue weighted by Gasteiger charge is 2.41. The van der Waals surface area contributed by atoms with Crippen molar-refractivity contribution in [1.29, 1.82) is 0 Å². The third-order valence-corrected chi connectivity index (χ3v) is 24.9. The van der Waals surface area contributed by atoms with Gasteiger partial charge < -0.3 is 68.6 Å². The zero-order valence-electron chi connectivity index (χ0n) is 66.1. The first kappa shape index (κ1) is 96.4. The summed E-state index contributed by atoms with van der Waals surface area (Å²) in [7, 11) is -6.92. The summed E-state index contributed by atoms with van der Waals surface area (Å²) in [5.41, 5.74) is 19.3. The SMILES string of the molecule is CC(C)S(=O)(=O)c1cc(F)ccc1Nc1nc(N)ncc1Cl.COc1ccc(C(C)(C)CN)cc1Nc1ncc(Cl)c(Nc2ccc(F)cc2S(=O)(=O)C(C)C)n1.COc1ccc(C(C)(C)CNC(=O)C(F)(F)F)cc1N.COc1ccc(C(C)(C)CNC(=O)C(F)(F)F)cc1Nc1ncc(Cl)c(Nc2ccc(F)cc2S(=O)(=O)C(C)C)n1. The number of carbonyl (C=O) groups excluding carboxylic acids is 2. The molecule has 0 unspecified atom stereocenters. The zero-order chi connectivity index (χ0) is 88.8. The number of halogens is 12. The molecule has 0 saturated heterocycles. The molecule has 0 aliphatic heterocycles. The molecule has 42 heteroatoms. The summed E-state index contributed by atoms with van der Waals surface area (Å²) in [5, 5.41) is 16.4. The van der Waals surface area contributed by atoms with Gasteiger partial charge in [-0.3, -0.25) is 9.59 Å². The Kier molecular flexibility index (Phi) is 32.2. The number of hydrogen-bond acceptors (Lipinski definition) is 25. The van der Waals surface area contributed by atoms with Crippen LogP contribution in [0.25, 0.3) is 0 Å². The first-order valence-corrected chi connectivity index (χ1v) is 40.9. The second kappa shape index (κ2) is 39.4. The summed E-state index contributed by atoms with van der Waals surface area (Å²) in [6, 6.07) is 25.6. The van der Waals surface area contributed by atoms with Crippen molar-refractivity contribution in [3.05, 3.63) is 177 Å². The summed E-state index contributed by atoms with van der Waals surface area (Å²) < 4.78 is 207. The van der Waals surface area contributed by atoms with Gasteiger partial charge in [0.15, 0.2) is 47.0 Å². The number of amides is 2. The first-order valence-electron chi connectivity index (χ1n) is 35.1. The minimum Gasteiger partial charge on any atom is -0.495 e. The van der Waals surface area contributed by atoms with Crippen LogP contribution in [0.1, 0.15) is 99.8 Å². The number of methoxy groups -OCH3 is 3. The number of nitrogens with one attached hydrogen (secondary N) is 7. The fraction of sp³-hybridized carbons (Fsp3) is 0.342. The number of aromatic nitrogens is 6. The smallest absolute Gasteiger partial charge is 0.471 e. The number of nitrogens with zero attached hydrogens (tertiary/aromatic N) is 6. The van der Waals surface area contributed by atoms with Crippen molar-refractivity contribution in [2.75, 3.05) is 79.0 Å². The molecule has 0 spiro atoms. The molecule has 3 aromatic heterocycles. The molecule has 640 valence electrons. The molecule has 0 bridgehead atoms. The average molecular weight is 1780 g/mol. The van der Waals surface area contributed by atoms with Gasteiger partial charge >= 0.3 is 24.2 Å². The third kappa shape index (κ3) is 25.3. The van der Waals surface area contributed by atoms with Gasteiger partial charge in [0.1, 0.15) is 49.8 Å². The van der Waals surface area contributed by atoms with Gasteiger partial charge in [0.05, 0.1) is 104 Å². The van der Waals surface area contributed by atoms with Gasteiger partial charge in [-0.2, -0.15) is 41.3 Å². The highest BCUT2D eigenvalue weighted by Crippen LogP contribution is 2.40. The lowest BCUT2D eigenvalue weighted by molar-refractivity contribution is -0.173. The second-order valence-corrected chi connectivity index (χ2v) is 37.2. The molecule has 0 aliphatic rings. The van der Waals surface area contributed by atoms with Crippen LogP contribution in [-0.4, -0.2) is 136 Å². The second-order valence-electron chi connectivity index (χ2n) is 28.5. The van der Waals surface area contributed by atoms with Crippen molar-refractivity contribution in [3.8, 4) is 17.2 Å². The van der Waals surface area contributed by atoms with E-state index in [1.54, 1.807) is 71.2 Å². The molecular formula is C76H88Cl3F9N16O11S3. The fourth-order valence-electron chi connectivity index (χ4n) is 10.1. The Balaban J connectivity index is 0.000000254. The molecular weight excluding hydrogens is 1690 g/mol. The number of sulfone groups is 3. The van der Waals surface area contributed by atoms with Gasteiger partial charge in [0.25, 0.3) is 0 Å². The van der Waals surface area contributed by atoms with Gasteiger partial charge in [0.2, 0.25) is 17.8 Å². The van der Waals surface area contributed by atoms with Crippen molar-refractivity contribution >= 4 is 146 Å². The van der Waals surface area contributed by atoms with E-state index >= 15 is 0 Å². The zero-order valence-corrected chi connectivity index (χ0v) is 70.9. The van der Waals surface area contributed by atoms with Crippen LogP contribution in [0.4, 0.5) is 109 Å². The van der Waals surface area contributed by atoms with E-state index in [-0.39, 0.29) is 101 Å². The number of nitrogens with two attached hydrogens (primary N) is 3. The van der Waals surface area contributed by atoms with Gasteiger partial charge in [-0.1, -0.05) is 94.5 Å². The number of nitrogen functional groups attached to an aromatic ring is 2. The maximum Gasteiger partial charge on any atom is 0.471 e. The number of benzene rings is 6. The molecule has 2 amide bonds. The van der Waals surface area contributed by atoms with Crippen LogP contribution >= 0.6 is 34.8 Å². The van der Waals surface area contributed by atoms with Crippen LogP contribution in [0.5, 0.6) is 17.2 Å². The Bertz CT molecular complexity index is 5470. The van der Waals surface area contributed by atoms with E-state index in [0.717, 1.165) is 42.0 Å². The molecule has 6 aromatic carbocycles. The topological polar surface area (TPSA) is 404 Å². The van der Waals surface area contributed by atoms with Crippen molar-refractivity contribution < 1.29 is 88.6 Å². The van der Waals surface area contributed by atoms with Crippen LogP contribution in [-0.2, 0) is 55.3 Å². The fourth-order valence-corrected chi connectivity index (χ4v) is 14.2. The molecule has 0 aliphatic carbocycles. The number of rotatable bonds is 27. The van der Waals surface area contributed by atoms with Crippen LogP contribution in [0.3, 0.4) is 0 Å². The average Bonchev–Trinajstić information content (AvgIpc) is 0.792. The van der Waals surface area contributed by atoms with Crippen LogP contribution in [0.2, 0.25) is 15.1 Å². The molecule has 118 heavy (non-hydrogen) atoms. The molecule has 13 N–H and O–H groups in total. The molecule has 9 rings (SSSR count). The van der Waals surface area contributed by atoms with Crippen molar-refractivity contribution in [3.63, 3.8) is 0 Å². The predicted molar refractivity (Wildman–Crippen MR) is 438 cm³/mol. The molecule has 3 heterocycles. The molecule has 0 fully saturated rings. The van der Waals surface area contributed by atoms with E-state index in [0.29, 0.717) is 52.0 Å². The molecule has 9 aromatic rings. The van der Waals surface area contributed by atoms with Gasteiger partial charge in [-0.25, -0.2) is 53.4 Å². The van der Waals surface area contributed by atoms with Gasteiger partial charge in [-0.15, -0.1) is 0 Å². The third-order valence-electron chi connectivity index (χ3n) is 17.5. The summed E-state index contributed by atoms with van der Waals surface area (Å²) in [5.74, 6) is -4.18. The maximum absolute atomic E-state index is 14.0. The minimum atomic E-state index is -5.01. The number of ether oxygens (including phenoxy) is 3. The van der Waals surface area contributed by atoms with Crippen molar-refractivity contribution in [2.45, 2.75) is 142 Å². The monoisotopic (exact) mass is 1770 g/mol. The number of carbonyl (C=O) groups is 2. The molecule has 0 atom stereocenters. The van der Waals surface area contributed by atoms with Crippen LogP contribution < -0.4 is 68.6 Å². The molecule has 27 nitrogen and oxygen atoms in total. The quantitative estimate of drug-likeness (QED) is 0.0169. The van der Waals surface area contributed by atoms with E-state index in [4.69, 9.17) is 66.2 Å². The van der Waals surface area contributed by atoms with Crippen LogP contribution in [0, 0.1) is 17.5 Å². The van der Waals surface area contributed by atoms with Gasteiger partial charge in [-0.05, 0) is 149 Å². The summed E-state index contributed by atoms with van der Waals surface area (Å²) in [6.45, 7) is 19.8. The van der Waals surface area contributed by atoms with E-state index in [1.807, 2.05) is 42.7 Å². The molecule has 0 saturated carbocycles. The predicted octanol–water partition coefficient (Wildman–Crippen LogP) is 16.1. The number of alkyl halides is 6. The minimum absolute atomic E-state index is 0.00547. The lowest BCUT2D eigenvalue weighted by Gasteiger charge is -2.27. The number of hydrogen-bond donors (Lipinski definition) is 10. The summed E-state index contributed by atoms with van der Waals surface area (Å²) in [4.78, 5) is 46.2. The Morgan fingerprint density at radius 3 is 1.03 bits per heavy atom. The highest BCUT2D eigenvalue weighted by molar-refractivity contribution is 7.92. The van der Waals surface area contributed by atoms with E-state index in [2.05, 4.69) is 56.5 Å². The highest BCUT2D eigenvalue weighted by atomic mass is 35.5. The summed E-state index contributed by atoms with van der Waals surface area (Å²) in [6.07, 6.45) is -5.97. The number of anilines is 12. The lowest BCUT2D eigenvalue weighted by atomic mass is 9.84. The van der Waals surface area contributed by atoms with E-state index in [9.17, 15) is 74.4 Å². The summed E-state index contributed by atoms with van der Waals surface area (Å²) >= 11 is 18.5. The largest absolute Gasteiger partial charge is 0.495 e. The maximum atomic E-state index is 14.0. The standard InChI is InChI=1S/C26H28ClF4N5O4S.C24H29ClFN5O3S.C13H14ClFN4O2S.C13H17F3N2O2/c1-14(2)41(38,39)21-11-16(28)7-8-18(21)34-22-17(27)12-32-24(36-22)35-19-10-15(6-9-20(19)40-5)25(3,4)13-33-23(37)26(29,30)31;1-14(2)35(32,33)21-11-16(26)7-8-18(21)29-22-17(25)12-28-23(31-22)30-19-10-15(24(3,4)13-27)6-9-20(19)34-5;1-7(2)22(20,21)11-5-8(15)3-4-10(11)18-12-9(14)6-17-13(16)19-12;1-12(2,7-18-11(19)13(14,15)16)8-4-5-10(20-3)9(17)6-8/h6-12,14H,13H2,1-5H3,(H,33,37)(H2,32,34,35,36);6-12,14H,13,27H2,1-5H3,(H2,28,29,30,31);3-7H,1-2H3,(H3,16,17,18,19);4-6H,7,17H2,1-3H3,(H,18,19). The Morgan fingerprint density at radius 1 is 0.424 bits per heavy atom. The lowest BCUT2D eigenvalue weighted by Crippen LogP contribution is -2.43. The Labute approximate surface area is 691 Å². The van der Waals surface area contributed by atoms with E-state index in [1.165, 1.54) is 92.6 Å². The van der Waals surface area contributed by atoms with Gasteiger partial charge in [0, 0.05) is 35.9 Å².